The number of hydrogen-bond donors (Lipinski definition) is 1. The van der Waals surface area contributed by atoms with Crippen LogP contribution in [0.1, 0.15) is 18.4 Å². The number of amidine groups is 1. The van der Waals surface area contributed by atoms with Crippen molar-refractivity contribution < 1.29 is 27.4 Å². The van der Waals surface area contributed by atoms with Gasteiger partial charge < -0.3 is 9.84 Å². The summed E-state index contributed by atoms with van der Waals surface area (Å²) in [5, 5.41) is 9.60. The molecule has 1 atom stereocenters. The Balaban J connectivity index is 1.35. The third-order valence-corrected chi connectivity index (χ3v) is 5.85. The maximum absolute atomic E-state index is 14.2. The predicted molar refractivity (Wildman–Crippen MR) is 113 cm³/mol. The van der Waals surface area contributed by atoms with E-state index in [1.165, 1.54) is 23.1 Å². The van der Waals surface area contributed by atoms with Crippen LogP contribution in [0, 0.1) is 11.7 Å². The standard InChI is InChI=1S/C23H25F4N3O2/c24-19-6-1-2-7-20(19)30-14-21(23(25,26)27)28-22(30)32-15-16-8-10-29(11-9-16)13-17-4-3-5-18(31)12-17/h1-7,12,16,21,31H,8-11,13-15H2. The van der Waals surface area contributed by atoms with Crippen molar-refractivity contribution in [2.75, 3.05) is 31.1 Å². The molecule has 9 heteroatoms. The molecule has 0 spiro atoms. The minimum atomic E-state index is -4.52. The van der Waals surface area contributed by atoms with Crippen LogP contribution in [-0.2, 0) is 11.3 Å². The summed E-state index contributed by atoms with van der Waals surface area (Å²) in [5.41, 5.74) is 1.05. The third-order valence-electron chi connectivity index (χ3n) is 5.85. The number of rotatable bonds is 5. The van der Waals surface area contributed by atoms with Crippen LogP contribution in [0.4, 0.5) is 23.2 Å². The van der Waals surface area contributed by atoms with Crippen molar-refractivity contribution in [3.8, 4) is 5.75 Å². The Hall–Kier alpha value is -2.81. The smallest absolute Gasteiger partial charge is 0.412 e. The highest BCUT2D eigenvalue weighted by Crippen LogP contribution is 2.32. The van der Waals surface area contributed by atoms with Gasteiger partial charge in [-0.2, -0.15) is 13.2 Å². The van der Waals surface area contributed by atoms with Crippen LogP contribution in [0.5, 0.6) is 5.75 Å². The van der Waals surface area contributed by atoms with Crippen molar-refractivity contribution in [3.63, 3.8) is 0 Å². The van der Waals surface area contributed by atoms with Gasteiger partial charge in [0.1, 0.15) is 11.6 Å². The Labute approximate surface area is 183 Å². The van der Waals surface area contributed by atoms with Crippen LogP contribution in [0.15, 0.2) is 53.5 Å². The third kappa shape index (κ3) is 5.32. The fraction of sp³-hybridized carbons (Fsp3) is 0.435. The lowest BCUT2D eigenvalue weighted by Gasteiger charge is -2.32. The number of phenols is 1. The van der Waals surface area contributed by atoms with Crippen LogP contribution in [0.2, 0.25) is 0 Å². The fourth-order valence-corrected chi connectivity index (χ4v) is 4.08. The first-order valence-corrected chi connectivity index (χ1v) is 10.6. The Morgan fingerprint density at radius 2 is 1.81 bits per heavy atom. The number of ether oxygens (including phenoxy) is 1. The van der Waals surface area contributed by atoms with Gasteiger partial charge in [-0.15, -0.1) is 0 Å². The zero-order chi connectivity index (χ0) is 22.7. The molecule has 0 radical (unpaired) electrons. The number of para-hydroxylation sites is 1. The molecule has 0 aromatic heterocycles. The van der Waals surface area contributed by atoms with Gasteiger partial charge in [0.15, 0.2) is 6.04 Å². The maximum atomic E-state index is 14.2. The minimum absolute atomic E-state index is 0.0268. The number of anilines is 1. The summed E-state index contributed by atoms with van der Waals surface area (Å²) in [5.74, 6) is -0.211. The number of nitrogens with zero attached hydrogens (tertiary/aromatic N) is 3. The van der Waals surface area contributed by atoms with Gasteiger partial charge in [0.05, 0.1) is 18.8 Å². The Kier molecular flexibility index (Phi) is 6.55. The number of halogens is 4. The summed E-state index contributed by atoms with van der Waals surface area (Å²) in [6.07, 6.45) is -2.87. The highest BCUT2D eigenvalue weighted by Gasteiger charge is 2.46. The van der Waals surface area contributed by atoms with E-state index in [1.807, 2.05) is 12.1 Å². The second-order valence-corrected chi connectivity index (χ2v) is 8.23. The number of hydrogen-bond acceptors (Lipinski definition) is 5. The molecular weight excluding hydrogens is 426 g/mol. The van der Waals surface area contributed by atoms with E-state index < -0.39 is 24.6 Å². The molecule has 1 N–H and O–H groups in total. The lowest BCUT2D eigenvalue weighted by atomic mass is 9.97. The molecule has 0 amide bonds. The van der Waals surface area contributed by atoms with Crippen LogP contribution < -0.4 is 4.90 Å². The molecule has 172 valence electrons. The van der Waals surface area contributed by atoms with Crippen LogP contribution in [0.25, 0.3) is 0 Å². The second-order valence-electron chi connectivity index (χ2n) is 8.23. The number of aliphatic imine (C=N–C) groups is 1. The lowest BCUT2D eigenvalue weighted by molar-refractivity contribution is -0.143. The normalized spacial score (nSPS) is 20.4. The largest absolute Gasteiger partial charge is 0.508 e. The first kappa shape index (κ1) is 22.4. The summed E-state index contributed by atoms with van der Waals surface area (Å²) < 4.78 is 59.7. The Bertz CT molecular complexity index is 958. The Morgan fingerprint density at radius 3 is 2.50 bits per heavy atom. The summed E-state index contributed by atoms with van der Waals surface area (Å²) in [7, 11) is 0. The monoisotopic (exact) mass is 451 g/mol. The van der Waals surface area contributed by atoms with E-state index >= 15 is 0 Å². The molecule has 2 aromatic carbocycles. The molecular formula is C23H25F4N3O2. The van der Waals surface area contributed by atoms with Crippen LogP contribution in [0.3, 0.4) is 0 Å². The molecule has 1 fully saturated rings. The van der Waals surface area contributed by atoms with Crippen LogP contribution >= 0.6 is 0 Å². The van der Waals surface area contributed by atoms with Crippen molar-refractivity contribution in [1.82, 2.24) is 4.90 Å². The highest BCUT2D eigenvalue weighted by molar-refractivity contribution is 5.94. The molecule has 2 aromatic rings. The van der Waals surface area contributed by atoms with Gasteiger partial charge >= 0.3 is 6.18 Å². The average Bonchev–Trinajstić information content (AvgIpc) is 3.18. The van der Waals surface area contributed by atoms with Crippen molar-refractivity contribution in [3.05, 3.63) is 59.9 Å². The number of phenolic OH excluding ortho intramolecular Hbond substituents is 1. The average molecular weight is 451 g/mol. The summed E-state index contributed by atoms with van der Waals surface area (Å²) in [4.78, 5) is 7.15. The van der Waals surface area contributed by atoms with Gasteiger partial charge in [0.25, 0.3) is 6.02 Å². The predicted octanol–water partition coefficient (Wildman–Crippen LogP) is 4.57. The zero-order valence-electron chi connectivity index (χ0n) is 17.4. The van der Waals surface area contributed by atoms with Crippen molar-refractivity contribution in [2.45, 2.75) is 31.6 Å². The number of likely N-dealkylation sites (tertiary alicyclic amines) is 1. The van der Waals surface area contributed by atoms with E-state index in [0.717, 1.165) is 38.0 Å². The number of piperidine rings is 1. The second kappa shape index (κ2) is 9.36. The van der Waals surface area contributed by atoms with E-state index in [4.69, 9.17) is 4.74 Å². The van der Waals surface area contributed by atoms with E-state index in [1.54, 1.807) is 18.2 Å². The zero-order valence-corrected chi connectivity index (χ0v) is 17.4. The Morgan fingerprint density at radius 1 is 1.06 bits per heavy atom. The number of benzene rings is 2. The number of aromatic hydroxyl groups is 1. The molecule has 0 bridgehead atoms. The molecule has 5 nitrogen and oxygen atoms in total. The molecule has 2 aliphatic heterocycles. The van der Waals surface area contributed by atoms with E-state index in [2.05, 4.69) is 9.89 Å². The van der Waals surface area contributed by atoms with E-state index in [0.29, 0.717) is 0 Å². The van der Waals surface area contributed by atoms with Gasteiger partial charge in [-0.3, -0.25) is 9.80 Å². The van der Waals surface area contributed by atoms with Gasteiger partial charge in [0, 0.05) is 6.54 Å². The van der Waals surface area contributed by atoms with Gasteiger partial charge in [-0.1, -0.05) is 24.3 Å². The van der Waals surface area contributed by atoms with E-state index in [-0.39, 0.29) is 30.0 Å². The van der Waals surface area contributed by atoms with Gasteiger partial charge in [-0.05, 0) is 61.7 Å². The van der Waals surface area contributed by atoms with Crippen molar-refractivity contribution >= 4 is 11.7 Å². The summed E-state index contributed by atoms with van der Waals surface area (Å²) in [6.45, 7) is 2.09. The van der Waals surface area contributed by atoms with Crippen LogP contribution in [-0.4, -0.2) is 54.5 Å². The van der Waals surface area contributed by atoms with Gasteiger partial charge in [0.2, 0.25) is 0 Å². The molecule has 32 heavy (non-hydrogen) atoms. The summed E-state index contributed by atoms with van der Waals surface area (Å²) >= 11 is 0. The minimum Gasteiger partial charge on any atom is -0.508 e. The molecule has 4 rings (SSSR count). The van der Waals surface area contributed by atoms with Crippen molar-refractivity contribution in [1.29, 1.82) is 0 Å². The lowest BCUT2D eigenvalue weighted by Crippen LogP contribution is -2.38. The topological polar surface area (TPSA) is 48.3 Å². The molecule has 1 unspecified atom stereocenters. The SMILES string of the molecule is Oc1cccc(CN2CCC(COC3=NC(C(F)(F)F)CN3c3ccccc3F)CC2)c1. The number of alkyl halides is 3. The van der Waals surface area contributed by atoms with E-state index in [9.17, 15) is 22.7 Å². The molecule has 2 heterocycles. The highest BCUT2D eigenvalue weighted by atomic mass is 19.4. The maximum Gasteiger partial charge on any atom is 0.412 e. The molecule has 0 saturated carbocycles. The quantitative estimate of drug-likeness (QED) is 0.677. The fourth-order valence-electron chi connectivity index (χ4n) is 4.08. The summed E-state index contributed by atoms with van der Waals surface area (Å²) in [6, 6.07) is 10.7. The molecule has 1 saturated heterocycles. The molecule has 0 aliphatic carbocycles. The first-order valence-electron chi connectivity index (χ1n) is 10.6. The van der Waals surface area contributed by atoms with Gasteiger partial charge in [-0.25, -0.2) is 9.38 Å². The molecule has 2 aliphatic rings. The van der Waals surface area contributed by atoms with Crippen molar-refractivity contribution in [2.24, 2.45) is 10.9 Å². The first-order chi connectivity index (χ1) is 15.3.